The first-order chi connectivity index (χ1) is 3.81. The monoisotopic (exact) mass is 135 g/mol. The van der Waals surface area contributed by atoms with Crippen molar-refractivity contribution in [3.8, 4) is 0 Å². The van der Waals surface area contributed by atoms with Gasteiger partial charge in [-0.25, -0.2) is 0 Å². The van der Waals surface area contributed by atoms with Crippen molar-refractivity contribution in [3.05, 3.63) is 0 Å². The van der Waals surface area contributed by atoms with Crippen molar-refractivity contribution >= 4 is 11.8 Å². The van der Waals surface area contributed by atoms with E-state index >= 15 is 0 Å². The standard InChI is InChI=1S/C5H13NOS/c1-7-5(6)3-4-8-2/h5H,3-4,6H2,1-2H3. The molecule has 2 N–H and O–H groups in total. The predicted octanol–water partition coefficient (Wildman–Crippen LogP) is 0.671. The average molecular weight is 135 g/mol. The van der Waals surface area contributed by atoms with Crippen LogP contribution in [0.3, 0.4) is 0 Å². The largest absolute Gasteiger partial charge is 0.367 e. The Morgan fingerprint density at radius 2 is 2.38 bits per heavy atom. The molecule has 0 aromatic rings. The number of hydrogen-bond acceptors (Lipinski definition) is 3. The maximum Gasteiger partial charge on any atom is 0.106 e. The topological polar surface area (TPSA) is 35.2 Å². The molecule has 0 amide bonds. The number of rotatable bonds is 4. The van der Waals surface area contributed by atoms with Crippen LogP contribution in [0.1, 0.15) is 6.42 Å². The van der Waals surface area contributed by atoms with E-state index in [1.54, 1.807) is 18.9 Å². The van der Waals surface area contributed by atoms with E-state index in [4.69, 9.17) is 10.5 Å². The summed E-state index contributed by atoms with van der Waals surface area (Å²) < 4.78 is 4.82. The highest BCUT2D eigenvalue weighted by atomic mass is 32.2. The molecule has 1 unspecified atom stereocenters. The van der Waals surface area contributed by atoms with Crippen LogP contribution in [0.15, 0.2) is 0 Å². The lowest BCUT2D eigenvalue weighted by Gasteiger charge is -2.06. The van der Waals surface area contributed by atoms with Crippen LogP contribution >= 0.6 is 11.8 Å². The van der Waals surface area contributed by atoms with Gasteiger partial charge in [0.05, 0.1) is 0 Å². The zero-order valence-electron chi connectivity index (χ0n) is 5.39. The third kappa shape index (κ3) is 4.43. The molecule has 0 aromatic heterocycles. The summed E-state index contributed by atoms with van der Waals surface area (Å²) in [4.78, 5) is 0. The summed E-state index contributed by atoms with van der Waals surface area (Å²) in [7, 11) is 1.63. The third-order valence-electron chi connectivity index (χ3n) is 0.909. The van der Waals surface area contributed by atoms with Gasteiger partial charge in [0.25, 0.3) is 0 Å². The number of nitrogens with two attached hydrogens (primary N) is 1. The summed E-state index contributed by atoms with van der Waals surface area (Å²) in [6.45, 7) is 0. The molecule has 0 saturated heterocycles. The van der Waals surface area contributed by atoms with Gasteiger partial charge in [-0.2, -0.15) is 11.8 Å². The Bertz CT molecular complexity index is 51.7. The fourth-order valence-electron chi connectivity index (χ4n) is 0.352. The number of thioether (sulfide) groups is 1. The van der Waals surface area contributed by atoms with Gasteiger partial charge < -0.3 is 10.5 Å². The van der Waals surface area contributed by atoms with Gasteiger partial charge in [-0.1, -0.05) is 0 Å². The van der Waals surface area contributed by atoms with Gasteiger partial charge in [-0.05, 0) is 18.4 Å². The number of hydrogen-bond donors (Lipinski definition) is 1. The van der Waals surface area contributed by atoms with Crippen molar-refractivity contribution < 1.29 is 4.74 Å². The Balaban J connectivity index is 2.86. The molecule has 0 aliphatic heterocycles. The average Bonchev–Trinajstić information content (AvgIpc) is 1.83. The highest BCUT2D eigenvalue weighted by Crippen LogP contribution is 1.97. The molecule has 0 aliphatic rings. The maximum absolute atomic E-state index is 5.42. The van der Waals surface area contributed by atoms with E-state index in [0.29, 0.717) is 0 Å². The summed E-state index contributed by atoms with van der Waals surface area (Å²) in [6.07, 6.45) is 2.93. The van der Waals surface area contributed by atoms with Crippen LogP contribution in [0.2, 0.25) is 0 Å². The van der Waals surface area contributed by atoms with Gasteiger partial charge in [0.1, 0.15) is 6.23 Å². The summed E-state index contributed by atoms with van der Waals surface area (Å²) in [5.41, 5.74) is 5.42. The highest BCUT2D eigenvalue weighted by Gasteiger charge is 1.95. The summed E-state index contributed by atoms with van der Waals surface area (Å²) in [5, 5.41) is 0. The van der Waals surface area contributed by atoms with E-state index in [1.165, 1.54) is 0 Å². The van der Waals surface area contributed by atoms with Crippen LogP contribution in [-0.2, 0) is 4.74 Å². The lowest BCUT2D eigenvalue weighted by Crippen LogP contribution is -2.22. The molecule has 2 nitrogen and oxygen atoms in total. The molecule has 0 heterocycles. The van der Waals surface area contributed by atoms with E-state index in [2.05, 4.69) is 6.26 Å². The second-order valence-corrected chi connectivity index (χ2v) is 2.54. The number of methoxy groups -OCH3 is 1. The van der Waals surface area contributed by atoms with E-state index in [-0.39, 0.29) is 6.23 Å². The Morgan fingerprint density at radius 1 is 1.75 bits per heavy atom. The highest BCUT2D eigenvalue weighted by molar-refractivity contribution is 7.98. The van der Waals surface area contributed by atoms with Crippen LogP contribution in [0.25, 0.3) is 0 Å². The predicted molar refractivity (Wildman–Crippen MR) is 38.0 cm³/mol. The van der Waals surface area contributed by atoms with E-state index in [1.807, 2.05) is 0 Å². The molecule has 0 spiro atoms. The quantitative estimate of drug-likeness (QED) is 0.575. The van der Waals surface area contributed by atoms with E-state index < -0.39 is 0 Å². The Kier molecular flexibility index (Phi) is 5.59. The van der Waals surface area contributed by atoms with Gasteiger partial charge in [0.2, 0.25) is 0 Å². The normalized spacial score (nSPS) is 13.9. The first-order valence-electron chi connectivity index (χ1n) is 2.58. The van der Waals surface area contributed by atoms with Gasteiger partial charge in [-0.15, -0.1) is 0 Å². The minimum Gasteiger partial charge on any atom is -0.367 e. The Hall–Kier alpha value is 0.270. The molecule has 0 bridgehead atoms. The molecule has 3 heteroatoms. The first-order valence-corrected chi connectivity index (χ1v) is 3.98. The van der Waals surface area contributed by atoms with Crippen LogP contribution < -0.4 is 5.73 Å². The zero-order valence-corrected chi connectivity index (χ0v) is 6.20. The van der Waals surface area contributed by atoms with Crippen molar-refractivity contribution in [3.63, 3.8) is 0 Å². The molecular formula is C5H13NOS. The maximum atomic E-state index is 5.42. The molecule has 1 atom stereocenters. The lowest BCUT2D eigenvalue weighted by molar-refractivity contribution is 0.106. The molecule has 0 radical (unpaired) electrons. The lowest BCUT2D eigenvalue weighted by atomic mass is 10.4. The fourth-order valence-corrected chi connectivity index (χ4v) is 0.820. The Morgan fingerprint density at radius 3 is 2.75 bits per heavy atom. The van der Waals surface area contributed by atoms with Gasteiger partial charge in [0.15, 0.2) is 0 Å². The second-order valence-electron chi connectivity index (χ2n) is 1.56. The van der Waals surface area contributed by atoms with Crippen molar-refractivity contribution in [2.75, 3.05) is 19.1 Å². The smallest absolute Gasteiger partial charge is 0.106 e. The fraction of sp³-hybridized carbons (Fsp3) is 1.00. The van der Waals surface area contributed by atoms with Crippen LogP contribution in [0, 0.1) is 0 Å². The summed E-state index contributed by atoms with van der Waals surface area (Å²) in [5.74, 6) is 1.08. The van der Waals surface area contributed by atoms with Gasteiger partial charge >= 0.3 is 0 Å². The van der Waals surface area contributed by atoms with Crippen molar-refractivity contribution in [2.45, 2.75) is 12.6 Å². The molecular weight excluding hydrogens is 122 g/mol. The zero-order chi connectivity index (χ0) is 6.41. The van der Waals surface area contributed by atoms with E-state index in [9.17, 15) is 0 Å². The Labute approximate surface area is 54.8 Å². The molecule has 50 valence electrons. The van der Waals surface area contributed by atoms with Gasteiger partial charge in [0, 0.05) is 7.11 Å². The van der Waals surface area contributed by atoms with Crippen LogP contribution in [-0.4, -0.2) is 25.3 Å². The van der Waals surface area contributed by atoms with Crippen LogP contribution in [0.5, 0.6) is 0 Å². The molecule has 0 aliphatic carbocycles. The van der Waals surface area contributed by atoms with E-state index in [0.717, 1.165) is 12.2 Å². The van der Waals surface area contributed by atoms with Crippen molar-refractivity contribution in [1.29, 1.82) is 0 Å². The summed E-state index contributed by atoms with van der Waals surface area (Å²) >= 11 is 1.79. The molecule has 0 saturated carbocycles. The summed E-state index contributed by atoms with van der Waals surface area (Å²) in [6, 6.07) is 0. The van der Waals surface area contributed by atoms with Gasteiger partial charge in [-0.3, -0.25) is 0 Å². The molecule has 0 fully saturated rings. The number of ether oxygens (including phenoxy) is 1. The minimum atomic E-state index is -0.0672. The molecule has 0 rings (SSSR count). The van der Waals surface area contributed by atoms with Crippen LogP contribution in [0.4, 0.5) is 0 Å². The third-order valence-corrected chi connectivity index (χ3v) is 1.55. The molecule has 0 aromatic carbocycles. The molecule has 8 heavy (non-hydrogen) atoms. The minimum absolute atomic E-state index is 0.0672. The first kappa shape index (κ1) is 8.27. The second kappa shape index (κ2) is 5.41. The van der Waals surface area contributed by atoms with Crippen molar-refractivity contribution in [2.24, 2.45) is 5.73 Å². The SMILES string of the molecule is COC(N)CCSC. The van der Waals surface area contributed by atoms with Crippen molar-refractivity contribution in [1.82, 2.24) is 0 Å².